The summed E-state index contributed by atoms with van der Waals surface area (Å²) < 4.78 is 5.28. The van der Waals surface area contributed by atoms with Crippen LogP contribution in [0.1, 0.15) is 16.3 Å². The Balaban J connectivity index is 0.00000243. The average molecular weight is 504 g/mol. The number of guanidine groups is 1. The average Bonchev–Trinajstić information content (AvgIpc) is 3.25. The monoisotopic (exact) mass is 503 g/mol. The van der Waals surface area contributed by atoms with Crippen LogP contribution >= 0.6 is 46.9 Å². The van der Waals surface area contributed by atoms with Gasteiger partial charge in [-0.15, -0.1) is 35.3 Å². The van der Waals surface area contributed by atoms with Crippen molar-refractivity contribution in [3.8, 4) is 11.4 Å². The highest BCUT2D eigenvalue weighted by molar-refractivity contribution is 14.0. The van der Waals surface area contributed by atoms with Crippen LogP contribution in [0.25, 0.3) is 11.4 Å². The predicted molar refractivity (Wildman–Crippen MR) is 116 cm³/mol. The summed E-state index contributed by atoms with van der Waals surface area (Å²) in [5, 5.41) is 13.2. The quantitative estimate of drug-likeness (QED) is 0.309. The van der Waals surface area contributed by atoms with E-state index in [1.54, 1.807) is 30.5 Å². The van der Waals surface area contributed by atoms with Crippen molar-refractivity contribution < 1.29 is 4.52 Å². The minimum atomic E-state index is 0. The number of nitrogens with one attached hydrogen (secondary N) is 2. The van der Waals surface area contributed by atoms with Gasteiger partial charge in [-0.05, 0) is 48.2 Å². The van der Waals surface area contributed by atoms with Gasteiger partial charge in [-0.2, -0.15) is 4.98 Å². The molecule has 0 saturated carbocycles. The van der Waals surface area contributed by atoms with Gasteiger partial charge in [0.05, 0.1) is 13.1 Å². The lowest BCUT2D eigenvalue weighted by molar-refractivity contribution is 0.375. The van der Waals surface area contributed by atoms with Gasteiger partial charge in [0.15, 0.2) is 5.96 Å². The van der Waals surface area contributed by atoms with Crippen molar-refractivity contribution in [1.82, 2.24) is 20.8 Å². The molecule has 0 spiro atoms. The van der Waals surface area contributed by atoms with E-state index in [1.807, 2.05) is 12.1 Å². The van der Waals surface area contributed by atoms with E-state index < -0.39 is 0 Å². The Morgan fingerprint density at radius 3 is 2.58 bits per heavy atom. The zero-order chi connectivity index (χ0) is 17.6. The van der Waals surface area contributed by atoms with Crippen LogP contribution in [0, 0.1) is 6.92 Å². The molecule has 3 rings (SSSR count). The van der Waals surface area contributed by atoms with Crippen LogP contribution in [0.4, 0.5) is 0 Å². The minimum Gasteiger partial charge on any atom is -0.352 e. The SMILES string of the molecule is CN=C(NCc1nc(-c2ccc(Cl)cc2)no1)NCc1sccc1C.I. The number of halogens is 2. The van der Waals surface area contributed by atoms with Crippen molar-refractivity contribution in [2.75, 3.05) is 7.05 Å². The van der Waals surface area contributed by atoms with Crippen LogP contribution < -0.4 is 10.6 Å². The molecule has 0 saturated heterocycles. The summed E-state index contributed by atoms with van der Waals surface area (Å²) in [7, 11) is 1.73. The molecule has 0 amide bonds. The van der Waals surface area contributed by atoms with E-state index in [-0.39, 0.29) is 24.0 Å². The first-order chi connectivity index (χ1) is 12.2. The van der Waals surface area contributed by atoms with E-state index in [0.717, 1.165) is 12.1 Å². The number of hydrogen-bond acceptors (Lipinski definition) is 5. The lowest BCUT2D eigenvalue weighted by Gasteiger charge is -2.09. The van der Waals surface area contributed by atoms with Crippen LogP contribution in [0.2, 0.25) is 5.02 Å². The standard InChI is InChI=1S/C17H18ClN5OS.HI/c1-11-7-8-25-14(11)9-20-17(19-2)21-10-15-22-16(23-24-15)12-3-5-13(18)6-4-12;/h3-8H,9-10H2,1-2H3,(H2,19,20,21);1H. The summed E-state index contributed by atoms with van der Waals surface area (Å²) in [5.41, 5.74) is 2.13. The number of hydrogen-bond donors (Lipinski definition) is 2. The second-order valence-corrected chi connectivity index (χ2v) is 6.76. The molecule has 0 bridgehead atoms. The fourth-order valence-electron chi connectivity index (χ4n) is 2.17. The molecule has 0 unspecified atom stereocenters. The minimum absolute atomic E-state index is 0. The molecular formula is C17H19ClIN5OS. The van der Waals surface area contributed by atoms with Crippen LogP contribution in [-0.4, -0.2) is 23.1 Å². The Labute approximate surface area is 178 Å². The second-order valence-electron chi connectivity index (χ2n) is 5.32. The smallest absolute Gasteiger partial charge is 0.246 e. The van der Waals surface area contributed by atoms with Gasteiger partial charge in [-0.25, -0.2) is 0 Å². The number of thiophene rings is 1. The third kappa shape index (κ3) is 5.42. The Morgan fingerprint density at radius 2 is 1.92 bits per heavy atom. The van der Waals surface area contributed by atoms with Gasteiger partial charge in [0.1, 0.15) is 0 Å². The first-order valence-electron chi connectivity index (χ1n) is 7.71. The molecule has 2 heterocycles. The number of nitrogens with zero attached hydrogens (tertiary/aromatic N) is 3. The van der Waals surface area contributed by atoms with E-state index in [0.29, 0.717) is 29.2 Å². The van der Waals surface area contributed by atoms with Crippen LogP contribution in [0.5, 0.6) is 0 Å². The molecule has 0 aliphatic heterocycles. The van der Waals surface area contributed by atoms with Gasteiger partial charge in [-0.3, -0.25) is 4.99 Å². The summed E-state index contributed by atoms with van der Waals surface area (Å²) in [6.07, 6.45) is 0. The highest BCUT2D eigenvalue weighted by Gasteiger charge is 2.09. The Hall–Kier alpha value is -1.65. The number of aromatic nitrogens is 2. The van der Waals surface area contributed by atoms with Gasteiger partial charge >= 0.3 is 0 Å². The third-order valence-electron chi connectivity index (χ3n) is 3.59. The molecule has 0 radical (unpaired) electrons. The molecule has 0 aliphatic carbocycles. The zero-order valence-corrected chi connectivity index (χ0v) is 18.2. The third-order valence-corrected chi connectivity index (χ3v) is 4.86. The molecule has 0 atom stereocenters. The Bertz CT molecular complexity index is 862. The van der Waals surface area contributed by atoms with Crippen molar-refractivity contribution >= 4 is 52.9 Å². The van der Waals surface area contributed by atoms with E-state index in [1.165, 1.54) is 10.4 Å². The number of rotatable bonds is 5. The van der Waals surface area contributed by atoms with Crippen molar-refractivity contribution in [2.24, 2.45) is 4.99 Å². The van der Waals surface area contributed by atoms with Gasteiger partial charge in [0.2, 0.25) is 11.7 Å². The van der Waals surface area contributed by atoms with Crippen molar-refractivity contribution in [3.05, 3.63) is 57.1 Å². The molecule has 1 aromatic carbocycles. The lowest BCUT2D eigenvalue weighted by atomic mass is 10.2. The summed E-state index contributed by atoms with van der Waals surface area (Å²) in [6.45, 7) is 3.22. The van der Waals surface area contributed by atoms with Crippen LogP contribution in [0.3, 0.4) is 0 Å². The Kier molecular flexibility index (Phi) is 7.85. The van der Waals surface area contributed by atoms with Crippen molar-refractivity contribution in [3.63, 3.8) is 0 Å². The van der Waals surface area contributed by atoms with Crippen LogP contribution in [0.15, 0.2) is 45.2 Å². The van der Waals surface area contributed by atoms with Crippen LogP contribution in [-0.2, 0) is 13.1 Å². The maximum absolute atomic E-state index is 5.89. The molecule has 6 nitrogen and oxygen atoms in total. The molecule has 2 N–H and O–H groups in total. The molecule has 0 fully saturated rings. The topological polar surface area (TPSA) is 75.3 Å². The normalized spacial score (nSPS) is 11.1. The fraction of sp³-hybridized carbons (Fsp3) is 0.235. The number of benzene rings is 1. The first kappa shape index (κ1) is 20.7. The van der Waals surface area contributed by atoms with E-state index in [4.69, 9.17) is 16.1 Å². The van der Waals surface area contributed by atoms with Crippen molar-refractivity contribution in [2.45, 2.75) is 20.0 Å². The summed E-state index contributed by atoms with van der Waals surface area (Å²) in [5.74, 6) is 1.70. The molecule has 26 heavy (non-hydrogen) atoms. The number of aryl methyl sites for hydroxylation is 1. The van der Waals surface area contributed by atoms with Gasteiger partial charge < -0.3 is 15.2 Å². The maximum Gasteiger partial charge on any atom is 0.246 e. The molecular weight excluding hydrogens is 485 g/mol. The van der Waals surface area contributed by atoms with E-state index in [9.17, 15) is 0 Å². The summed E-state index contributed by atoms with van der Waals surface area (Å²) in [6, 6.07) is 9.41. The van der Waals surface area contributed by atoms with Crippen molar-refractivity contribution in [1.29, 1.82) is 0 Å². The first-order valence-corrected chi connectivity index (χ1v) is 8.97. The molecule has 2 aromatic heterocycles. The second kappa shape index (κ2) is 9.89. The van der Waals surface area contributed by atoms with E-state index in [2.05, 4.69) is 44.1 Å². The van der Waals surface area contributed by atoms with E-state index >= 15 is 0 Å². The van der Waals surface area contributed by atoms with Gasteiger partial charge in [-0.1, -0.05) is 16.8 Å². The fourth-order valence-corrected chi connectivity index (χ4v) is 3.14. The largest absolute Gasteiger partial charge is 0.352 e. The molecule has 9 heteroatoms. The molecule has 0 aliphatic rings. The highest BCUT2D eigenvalue weighted by Crippen LogP contribution is 2.18. The zero-order valence-electron chi connectivity index (χ0n) is 14.3. The lowest BCUT2D eigenvalue weighted by Crippen LogP contribution is -2.36. The summed E-state index contributed by atoms with van der Waals surface area (Å²) >= 11 is 7.61. The number of aliphatic imine (C=N–C) groups is 1. The van der Waals surface area contributed by atoms with Gasteiger partial charge in [0, 0.05) is 22.5 Å². The highest BCUT2D eigenvalue weighted by atomic mass is 127. The maximum atomic E-state index is 5.89. The molecule has 138 valence electrons. The summed E-state index contributed by atoms with van der Waals surface area (Å²) in [4.78, 5) is 9.86. The predicted octanol–water partition coefficient (Wildman–Crippen LogP) is 4.24. The molecule has 3 aromatic rings. The Morgan fingerprint density at radius 1 is 1.19 bits per heavy atom. The van der Waals surface area contributed by atoms with Gasteiger partial charge in [0.25, 0.3) is 0 Å².